The van der Waals surface area contributed by atoms with Crippen LogP contribution >= 0.6 is 12.2 Å². The normalized spacial score (nSPS) is 10.4. The second kappa shape index (κ2) is 8.13. The number of nitrogens with zero attached hydrogens (tertiary/aromatic N) is 1. The second-order valence-electron chi connectivity index (χ2n) is 5.99. The van der Waals surface area contributed by atoms with Crippen molar-refractivity contribution in [2.24, 2.45) is 4.99 Å². The van der Waals surface area contributed by atoms with Crippen molar-refractivity contribution < 1.29 is 8.78 Å². The number of aryl methyl sites for hydroxylation is 1. The summed E-state index contributed by atoms with van der Waals surface area (Å²) in [7, 11) is 0. The molecule has 26 heavy (non-hydrogen) atoms. The van der Waals surface area contributed by atoms with E-state index in [2.05, 4.69) is 29.3 Å². The molecule has 0 atom stereocenters. The number of isothiocyanates is 1. The minimum Gasteiger partial charge on any atom is -0.203 e. The van der Waals surface area contributed by atoms with E-state index in [1.54, 1.807) is 36.4 Å². The first kappa shape index (κ1) is 18.1. The SMILES string of the molecule is CCCc1ccc(-c2ccc(-c3ccc(N=C=S)cc3)c(F)c2F)cc1. The molecule has 0 fully saturated rings. The highest BCUT2D eigenvalue weighted by atomic mass is 32.1. The van der Waals surface area contributed by atoms with Gasteiger partial charge in [0.15, 0.2) is 11.6 Å². The van der Waals surface area contributed by atoms with Crippen molar-refractivity contribution >= 4 is 23.1 Å². The fraction of sp³-hybridized carbons (Fsp3) is 0.136. The van der Waals surface area contributed by atoms with Crippen LogP contribution in [0.2, 0.25) is 0 Å². The van der Waals surface area contributed by atoms with Crippen LogP contribution in [0.3, 0.4) is 0 Å². The zero-order valence-electron chi connectivity index (χ0n) is 14.3. The number of halogens is 2. The minimum atomic E-state index is -0.855. The second-order valence-corrected chi connectivity index (χ2v) is 6.17. The third-order valence-electron chi connectivity index (χ3n) is 4.24. The number of hydrogen-bond donors (Lipinski definition) is 0. The van der Waals surface area contributed by atoms with Gasteiger partial charge < -0.3 is 0 Å². The van der Waals surface area contributed by atoms with E-state index in [1.165, 1.54) is 5.56 Å². The molecule has 130 valence electrons. The largest absolute Gasteiger partial charge is 0.203 e. The first-order chi connectivity index (χ1) is 12.6. The van der Waals surface area contributed by atoms with E-state index in [0.29, 0.717) is 16.8 Å². The molecule has 0 spiro atoms. The van der Waals surface area contributed by atoms with Gasteiger partial charge in [-0.3, -0.25) is 0 Å². The van der Waals surface area contributed by atoms with Crippen LogP contribution in [0.15, 0.2) is 65.7 Å². The Morgan fingerprint density at radius 3 is 1.77 bits per heavy atom. The highest BCUT2D eigenvalue weighted by molar-refractivity contribution is 7.78. The van der Waals surface area contributed by atoms with Gasteiger partial charge in [0.25, 0.3) is 0 Å². The lowest BCUT2D eigenvalue weighted by atomic mass is 9.97. The molecule has 3 rings (SSSR count). The summed E-state index contributed by atoms with van der Waals surface area (Å²) in [4.78, 5) is 3.85. The zero-order valence-corrected chi connectivity index (χ0v) is 15.1. The number of rotatable bonds is 5. The van der Waals surface area contributed by atoms with Gasteiger partial charge in [0, 0.05) is 11.1 Å². The molecule has 0 amide bonds. The Labute approximate surface area is 157 Å². The molecule has 0 aromatic heterocycles. The summed E-state index contributed by atoms with van der Waals surface area (Å²) in [6.07, 6.45) is 2.02. The van der Waals surface area contributed by atoms with E-state index < -0.39 is 11.6 Å². The number of thiocarbonyl (C=S) groups is 1. The molecule has 0 saturated heterocycles. The average molecular weight is 365 g/mol. The van der Waals surface area contributed by atoms with E-state index in [1.807, 2.05) is 24.3 Å². The van der Waals surface area contributed by atoms with Crippen LogP contribution in [0.1, 0.15) is 18.9 Å². The maximum Gasteiger partial charge on any atom is 0.167 e. The predicted molar refractivity (Wildman–Crippen MR) is 106 cm³/mol. The van der Waals surface area contributed by atoms with Gasteiger partial charge in [-0.05, 0) is 47.5 Å². The Balaban J connectivity index is 1.96. The summed E-state index contributed by atoms with van der Waals surface area (Å²) < 4.78 is 29.3. The van der Waals surface area contributed by atoms with E-state index in [4.69, 9.17) is 0 Å². The third-order valence-corrected chi connectivity index (χ3v) is 4.33. The molecule has 1 nitrogen and oxygen atoms in total. The molecule has 0 heterocycles. The van der Waals surface area contributed by atoms with Crippen LogP contribution < -0.4 is 0 Å². The Hall–Kier alpha value is -2.68. The van der Waals surface area contributed by atoms with Crippen molar-refractivity contribution in [2.45, 2.75) is 19.8 Å². The van der Waals surface area contributed by atoms with Crippen LogP contribution in [-0.4, -0.2) is 5.16 Å². The fourth-order valence-corrected chi connectivity index (χ4v) is 3.01. The number of aliphatic imine (C=N–C) groups is 1. The molecule has 0 bridgehead atoms. The standard InChI is InChI=1S/C22H17F2NS/c1-2-3-15-4-6-16(7-5-15)19-12-13-20(22(24)21(19)23)17-8-10-18(11-9-17)25-14-26/h4-13H,2-3H2,1H3. The molecule has 0 saturated carbocycles. The quantitative estimate of drug-likeness (QED) is 0.351. The van der Waals surface area contributed by atoms with Gasteiger partial charge in [-0.2, -0.15) is 4.99 Å². The molecule has 0 aliphatic rings. The summed E-state index contributed by atoms with van der Waals surface area (Å²) in [5, 5.41) is 2.28. The average Bonchev–Trinajstić information content (AvgIpc) is 2.66. The Kier molecular flexibility index (Phi) is 5.67. The lowest BCUT2D eigenvalue weighted by molar-refractivity contribution is 0.514. The number of hydrogen-bond acceptors (Lipinski definition) is 2. The smallest absolute Gasteiger partial charge is 0.167 e. The summed E-state index contributed by atoms with van der Waals surface area (Å²) in [5.41, 5.74) is 3.53. The Morgan fingerprint density at radius 1 is 0.808 bits per heavy atom. The van der Waals surface area contributed by atoms with E-state index in [-0.39, 0.29) is 11.1 Å². The molecule has 0 unspecified atom stereocenters. The van der Waals surface area contributed by atoms with Gasteiger partial charge in [0.2, 0.25) is 0 Å². The molecule has 3 aromatic rings. The van der Waals surface area contributed by atoms with Crippen molar-refractivity contribution in [1.82, 2.24) is 0 Å². The van der Waals surface area contributed by atoms with Crippen molar-refractivity contribution in [2.75, 3.05) is 0 Å². The highest BCUT2D eigenvalue weighted by Crippen LogP contribution is 2.32. The molecule has 0 aliphatic carbocycles. The maximum atomic E-state index is 14.7. The van der Waals surface area contributed by atoms with E-state index in [0.717, 1.165) is 12.8 Å². The van der Waals surface area contributed by atoms with Crippen molar-refractivity contribution in [3.63, 3.8) is 0 Å². The van der Waals surface area contributed by atoms with Gasteiger partial charge in [-0.25, -0.2) is 8.78 Å². The maximum absolute atomic E-state index is 14.7. The van der Waals surface area contributed by atoms with Gasteiger partial charge in [0.05, 0.1) is 10.8 Å². The first-order valence-electron chi connectivity index (χ1n) is 8.39. The molecule has 0 aliphatic heterocycles. The predicted octanol–water partition coefficient (Wildman–Crippen LogP) is 6.99. The Bertz CT molecular complexity index is 957. The molecule has 0 N–H and O–H groups in total. The molecule has 4 heteroatoms. The highest BCUT2D eigenvalue weighted by Gasteiger charge is 2.16. The lowest BCUT2D eigenvalue weighted by Crippen LogP contribution is -1.94. The first-order valence-corrected chi connectivity index (χ1v) is 8.80. The van der Waals surface area contributed by atoms with Gasteiger partial charge in [0.1, 0.15) is 0 Å². The van der Waals surface area contributed by atoms with Crippen LogP contribution in [0.4, 0.5) is 14.5 Å². The third kappa shape index (κ3) is 3.77. The fourth-order valence-electron chi connectivity index (χ4n) is 2.90. The number of benzene rings is 3. The summed E-state index contributed by atoms with van der Waals surface area (Å²) >= 11 is 4.56. The molecular weight excluding hydrogens is 348 g/mol. The summed E-state index contributed by atoms with van der Waals surface area (Å²) in [6, 6.07) is 17.5. The van der Waals surface area contributed by atoms with Crippen molar-refractivity contribution in [3.05, 3.63) is 77.9 Å². The van der Waals surface area contributed by atoms with E-state index >= 15 is 0 Å². The van der Waals surface area contributed by atoms with Crippen LogP contribution in [-0.2, 0) is 6.42 Å². The summed E-state index contributed by atoms with van der Waals surface area (Å²) in [6.45, 7) is 2.11. The topological polar surface area (TPSA) is 12.4 Å². The van der Waals surface area contributed by atoms with Crippen molar-refractivity contribution in [1.29, 1.82) is 0 Å². The Morgan fingerprint density at radius 2 is 1.31 bits per heavy atom. The van der Waals surface area contributed by atoms with Gasteiger partial charge >= 0.3 is 0 Å². The summed E-state index contributed by atoms with van der Waals surface area (Å²) in [5.74, 6) is -1.70. The van der Waals surface area contributed by atoms with Gasteiger partial charge in [-0.15, -0.1) is 0 Å². The van der Waals surface area contributed by atoms with Crippen LogP contribution in [0.5, 0.6) is 0 Å². The van der Waals surface area contributed by atoms with E-state index in [9.17, 15) is 8.78 Å². The zero-order chi connectivity index (χ0) is 18.5. The lowest BCUT2D eigenvalue weighted by Gasteiger charge is -2.10. The van der Waals surface area contributed by atoms with Crippen LogP contribution in [0.25, 0.3) is 22.3 Å². The monoisotopic (exact) mass is 365 g/mol. The van der Waals surface area contributed by atoms with Gasteiger partial charge in [-0.1, -0.05) is 61.9 Å². The molecular formula is C22H17F2NS. The molecule has 3 aromatic carbocycles. The molecule has 0 radical (unpaired) electrons. The van der Waals surface area contributed by atoms with Crippen LogP contribution in [0, 0.1) is 11.6 Å². The minimum absolute atomic E-state index is 0.215. The van der Waals surface area contributed by atoms with Crippen molar-refractivity contribution in [3.8, 4) is 22.3 Å².